The number of benzene rings is 2. The fraction of sp³-hybridized carbons (Fsp3) is 0.200. The van der Waals surface area contributed by atoms with E-state index in [1.54, 1.807) is 0 Å². The third-order valence-corrected chi connectivity index (χ3v) is 2.86. The van der Waals surface area contributed by atoms with E-state index >= 15 is 0 Å². The molecule has 16 heavy (non-hydrogen) atoms. The molecule has 0 aliphatic carbocycles. The summed E-state index contributed by atoms with van der Waals surface area (Å²) in [6.45, 7) is 4.07. The molecular formula is C15H14O. The number of aliphatic hydroxyl groups excluding tert-OH is 1. The van der Waals surface area contributed by atoms with Crippen LogP contribution in [0.1, 0.15) is 16.7 Å². The zero-order chi connectivity index (χ0) is 11.5. The van der Waals surface area contributed by atoms with Crippen molar-refractivity contribution in [3.63, 3.8) is 0 Å². The first-order valence-corrected chi connectivity index (χ1v) is 5.32. The normalized spacial score (nSPS) is 9.94. The van der Waals surface area contributed by atoms with Gasteiger partial charge in [-0.1, -0.05) is 42.2 Å². The molecule has 0 bridgehead atoms. The van der Waals surface area contributed by atoms with Gasteiger partial charge in [-0.05, 0) is 35.7 Å². The summed E-state index contributed by atoms with van der Waals surface area (Å²) in [5, 5.41) is 11.1. The van der Waals surface area contributed by atoms with Crippen LogP contribution in [0.2, 0.25) is 0 Å². The zero-order valence-corrected chi connectivity index (χ0v) is 9.54. The molecule has 0 aliphatic heterocycles. The van der Waals surface area contributed by atoms with E-state index in [1.807, 2.05) is 12.1 Å². The van der Waals surface area contributed by atoms with Crippen molar-refractivity contribution in [1.82, 2.24) is 0 Å². The summed E-state index contributed by atoms with van der Waals surface area (Å²) >= 11 is 0. The summed E-state index contributed by atoms with van der Waals surface area (Å²) in [6, 6.07) is 10.4. The Balaban J connectivity index is 2.81. The van der Waals surface area contributed by atoms with E-state index in [1.165, 1.54) is 16.5 Å². The van der Waals surface area contributed by atoms with Gasteiger partial charge in [0.1, 0.15) is 6.61 Å². The smallest absolute Gasteiger partial charge is 0.104 e. The maximum atomic E-state index is 8.79. The van der Waals surface area contributed by atoms with Gasteiger partial charge in [0.05, 0.1) is 0 Å². The highest BCUT2D eigenvalue weighted by Gasteiger charge is 2.04. The molecule has 0 unspecified atom stereocenters. The number of aryl methyl sites for hydroxylation is 1. The Labute approximate surface area is 95.7 Å². The van der Waals surface area contributed by atoms with Gasteiger partial charge in [0.2, 0.25) is 0 Å². The van der Waals surface area contributed by atoms with E-state index in [-0.39, 0.29) is 6.61 Å². The summed E-state index contributed by atoms with van der Waals surface area (Å²) in [7, 11) is 0. The molecule has 0 saturated carbocycles. The van der Waals surface area contributed by atoms with Crippen LogP contribution in [0.25, 0.3) is 10.8 Å². The lowest BCUT2D eigenvalue weighted by Gasteiger charge is -2.08. The quantitative estimate of drug-likeness (QED) is 0.663. The molecule has 0 heterocycles. The van der Waals surface area contributed by atoms with Gasteiger partial charge < -0.3 is 5.11 Å². The second-order valence-electron chi connectivity index (χ2n) is 3.87. The standard InChI is InChI=1S/C15H14O/c1-11-10-13-6-3-4-7-15(13)14(12(11)2)8-5-9-16/h3-4,6-7,10,16H,9H2,1-2H3. The summed E-state index contributed by atoms with van der Waals surface area (Å²) in [4.78, 5) is 0. The summed E-state index contributed by atoms with van der Waals surface area (Å²) in [6.07, 6.45) is 0. The molecule has 0 atom stereocenters. The summed E-state index contributed by atoms with van der Waals surface area (Å²) in [5.74, 6) is 5.78. The molecule has 2 rings (SSSR count). The summed E-state index contributed by atoms with van der Waals surface area (Å²) < 4.78 is 0. The fourth-order valence-corrected chi connectivity index (χ4v) is 1.88. The van der Waals surface area contributed by atoms with Gasteiger partial charge in [0.15, 0.2) is 0 Å². The van der Waals surface area contributed by atoms with E-state index in [4.69, 9.17) is 5.11 Å². The van der Waals surface area contributed by atoms with Crippen LogP contribution in [0.5, 0.6) is 0 Å². The first-order valence-electron chi connectivity index (χ1n) is 5.32. The van der Waals surface area contributed by atoms with Crippen LogP contribution in [0.3, 0.4) is 0 Å². The number of rotatable bonds is 0. The largest absolute Gasteiger partial charge is 0.384 e. The molecule has 1 heteroatoms. The number of hydrogen-bond donors (Lipinski definition) is 1. The lowest BCUT2D eigenvalue weighted by Crippen LogP contribution is -1.90. The maximum absolute atomic E-state index is 8.79. The molecule has 0 aliphatic rings. The van der Waals surface area contributed by atoms with E-state index in [2.05, 4.69) is 43.9 Å². The van der Waals surface area contributed by atoms with Gasteiger partial charge in [-0.15, -0.1) is 0 Å². The minimum atomic E-state index is -0.0955. The second kappa shape index (κ2) is 4.38. The van der Waals surface area contributed by atoms with Crippen LogP contribution < -0.4 is 0 Å². The molecule has 0 fully saturated rings. The summed E-state index contributed by atoms with van der Waals surface area (Å²) in [5.41, 5.74) is 3.46. The molecule has 80 valence electrons. The third-order valence-electron chi connectivity index (χ3n) is 2.86. The van der Waals surface area contributed by atoms with Crippen molar-refractivity contribution in [2.45, 2.75) is 13.8 Å². The van der Waals surface area contributed by atoms with E-state index in [0.29, 0.717) is 0 Å². The highest BCUT2D eigenvalue weighted by molar-refractivity contribution is 5.90. The van der Waals surface area contributed by atoms with Crippen LogP contribution in [0.15, 0.2) is 30.3 Å². The number of fused-ring (bicyclic) bond motifs is 1. The Hall–Kier alpha value is -1.78. The van der Waals surface area contributed by atoms with Gasteiger partial charge in [0.25, 0.3) is 0 Å². The van der Waals surface area contributed by atoms with Crippen molar-refractivity contribution in [1.29, 1.82) is 0 Å². The van der Waals surface area contributed by atoms with E-state index in [9.17, 15) is 0 Å². The van der Waals surface area contributed by atoms with Gasteiger partial charge in [-0.3, -0.25) is 0 Å². The predicted octanol–water partition coefficient (Wildman–Crippen LogP) is 2.80. The minimum Gasteiger partial charge on any atom is -0.384 e. The molecule has 0 saturated heterocycles. The molecule has 0 radical (unpaired) electrons. The van der Waals surface area contributed by atoms with E-state index in [0.717, 1.165) is 10.9 Å². The third kappa shape index (κ3) is 1.80. The Morgan fingerprint density at radius 2 is 1.94 bits per heavy atom. The predicted molar refractivity (Wildman–Crippen MR) is 67.4 cm³/mol. The molecule has 1 N–H and O–H groups in total. The van der Waals surface area contributed by atoms with Crippen LogP contribution >= 0.6 is 0 Å². The molecule has 2 aromatic carbocycles. The highest BCUT2D eigenvalue weighted by atomic mass is 16.2. The topological polar surface area (TPSA) is 20.2 Å². The van der Waals surface area contributed by atoms with Crippen molar-refractivity contribution < 1.29 is 5.11 Å². The van der Waals surface area contributed by atoms with Gasteiger partial charge in [-0.25, -0.2) is 0 Å². The highest BCUT2D eigenvalue weighted by Crippen LogP contribution is 2.24. The van der Waals surface area contributed by atoms with Gasteiger partial charge >= 0.3 is 0 Å². The van der Waals surface area contributed by atoms with E-state index < -0.39 is 0 Å². The van der Waals surface area contributed by atoms with Gasteiger partial charge in [0, 0.05) is 5.56 Å². The lowest BCUT2D eigenvalue weighted by molar-refractivity contribution is 0.350. The first kappa shape index (κ1) is 10.7. The van der Waals surface area contributed by atoms with Crippen LogP contribution in [0.4, 0.5) is 0 Å². The molecule has 2 aromatic rings. The lowest BCUT2D eigenvalue weighted by atomic mass is 9.96. The number of hydrogen-bond acceptors (Lipinski definition) is 1. The fourth-order valence-electron chi connectivity index (χ4n) is 1.88. The first-order chi connectivity index (χ1) is 7.74. The SMILES string of the molecule is Cc1cc2ccccc2c(C#CCO)c1C. The minimum absolute atomic E-state index is 0.0955. The van der Waals surface area contributed by atoms with Crippen molar-refractivity contribution in [2.75, 3.05) is 6.61 Å². The molecular weight excluding hydrogens is 196 g/mol. The average Bonchev–Trinajstić information content (AvgIpc) is 2.30. The van der Waals surface area contributed by atoms with Gasteiger partial charge in [-0.2, -0.15) is 0 Å². The molecule has 0 spiro atoms. The van der Waals surface area contributed by atoms with Crippen LogP contribution in [-0.4, -0.2) is 11.7 Å². The Bertz CT molecular complexity index is 585. The average molecular weight is 210 g/mol. The second-order valence-corrected chi connectivity index (χ2v) is 3.87. The van der Waals surface area contributed by atoms with Crippen molar-refractivity contribution in [2.24, 2.45) is 0 Å². The maximum Gasteiger partial charge on any atom is 0.104 e. The Morgan fingerprint density at radius 1 is 1.19 bits per heavy atom. The zero-order valence-electron chi connectivity index (χ0n) is 9.54. The Kier molecular flexibility index (Phi) is 2.94. The van der Waals surface area contributed by atoms with Crippen LogP contribution in [0, 0.1) is 25.7 Å². The number of aliphatic hydroxyl groups is 1. The van der Waals surface area contributed by atoms with Crippen LogP contribution in [-0.2, 0) is 0 Å². The molecule has 0 amide bonds. The molecule has 0 aromatic heterocycles. The van der Waals surface area contributed by atoms with Crippen molar-refractivity contribution >= 4 is 10.8 Å². The Morgan fingerprint density at radius 3 is 2.69 bits per heavy atom. The monoisotopic (exact) mass is 210 g/mol. The van der Waals surface area contributed by atoms with Crippen molar-refractivity contribution in [3.8, 4) is 11.8 Å². The van der Waals surface area contributed by atoms with Crippen molar-refractivity contribution in [3.05, 3.63) is 47.0 Å². The molecule has 1 nitrogen and oxygen atoms in total.